The summed E-state index contributed by atoms with van der Waals surface area (Å²) in [5.41, 5.74) is 2.16. The van der Waals surface area contributed by atoms with Gasteiger partial charge in [0.15, 0.2) is 0 Å². The average Bonchev–Trinajstić information content (AvgIpc) is 3.39. The summed E-state index contributed by atoms with van der Waals surface area (Å²) in [5, 5.41) is 0. The van der Waals surface area contributed by atoms with Crippen LogP contribution >= 0.6 is 0 Å². The van der Waals surface area contributed by atoms with E-state index in [-0.39, 0.29) is 35.8 Å². The quantitative estimate of drug-likeness (QED) is 0.281. The SMILES string of the molecule is COCCCN(CC(=O)N(Cc1cccn1Cc1ccc(F)cc1)C1CCCCC1)C(=O)c1cccc(F)c1. The van der Waals surface area contributed by atoms with Crippen LogP contribution in [0.3, 0.4) is 0 Å². The fraction of sp³-hybridized carbons (Fsp3) is 0.419. The fourth-order valence-corrected chi connectivity index (χ4v) is 5.23. The smallest absolute Gasteiger partial charge is 0.254 e. The highest BCUT2D eigenvalue weighted by Gasteiger charge is 2.29. The Balaban J connectivity index is 1.54. The van der Waals surface area contributed by atoms with Crippen molar-refractivity contribution in [1.29, 1.82) is 0 Å². The third kappa shape index (κ3) is 7.99. The van der Waals surface area contributed by atoms with Crippen LogP contribution in [0.4, 0.5) is 8.78 Å². The first-order chi connectivity index (χ1) is 18.9. The summed E-state index contributed by atoms with van der Waals surface area (Å²) in [6, 6.07) is 16.0. The Labute approximate surface area is 229 Å². The lowest BCUT2D eigenvalue weighted by Gasteiger charge is -2.36. The predicted octanol–water partition coefficient (Wildman–Crippen LogP) is 5.65. The molecule has 6 nitrogen and oxygen atoms in total. The summed E-state index contributed by atoms with van der Waals surface area (Å²) in [7, 11) is 1.59. The van der Waals surface area contributed by atoms with E-state index in [1.165, 1.54) is 35.2 Å². The van der Waals surface area contributed by atoms with Gasteiger partial charge in [0.25, 0.3) is 5.91 Å². The molecule has 4 rings (SSSR count). The van der Waals surface area contributed by atoms with Gasteiger partial charge in [-0.2, -0.15) is 0 Å². The molecule has 1 saturated carbocycles. The van der Waals surface area contributed by atoms with Crippen molar-refractivity contribution in [3.63, 3.8) is 0 Å². The molecule has 1 aliphatic rings. The monoisotopic (exact) mass is 537 g/mol. The highest BCUT2D eigenvalue weighted by atomic mass is 19.1. The second-order valence-electron chi connectivity index (χ2n) is 10.2. The van der Waals surface area contributed by atoms with Crippen LogP contribution in [0.15, 0.2) is 66.9 Å². The van der Waals surface area contributed by atoms with E-state index in [1.54, 1.807) is 25.3 Å². The minimum atomic E-state index is -0.491. The topological polar surface area (TPSA) is 54.8 Å². The minimum absolute atomic E-state index is 0.0884. The van der Waals surface area contributed by atoms with Gasteiger partial charge in [-0.05, 0) is 67.3 Å². The Bertz CT molecular complexity index is 1220. The van der Waals surface area contributed by atoms with Gasteiger partial charge < -0.3 is 19.1 Å². The Hall–Kier alpha value is -3.52. The molecule has 2 amide bonds. The summed E-state index contributed by atoms with van der Waals surface area (Å²) < 4.78 is 34.5. The molecule has 0 bridgehead atoms. The lowest BCUT2D eigenvalue weighted by molar-refractivity contribution is -0.135. The van der Waals surface area contributed by atoms with Gasteiger partial charge in [0, 0.05) is 50.3 Å². The molecule has 8 heteroatoms. The maximum Gasteiger partial charge on any atom is 0.254 e. The Morgan fingerprint density at radius 3 is 2.46 bits per heavy atom. The number of amides is 2. The van der Waals surface area contributed by atoms with Crippen LogP contribution in [-0.2, 0) is 22.6 Å². The maximum atomic E-state index is 13.9. The second-order valence-corrected chi connectivity index (χ2v) is 10.2. The van der Waals surface area contributed by atoms with Crippen LogP contribution in [-0.4, -0.2) is 59.0 Å². The summed E-state index contributed by atoms with van der Waals surface area (Å²) >= 11 is 0. The Morgan fingerprint density at radius 1 is 0.974 bits per heavy atom. The van der Waals surface area contributed by atoms with Crippen LogP contribution in [0.2, 0.25) is 0 Å². The number of nitrogens with zero attached hydrogens (tertiary/aromatic N) is 3. The number of hydrogen-bond acceptors (Lipinski definition) is 3. The highest BCUT2D eigenvalue weighted by Crippen LogP contribution is 2.25. The van der Waals surface area contributed by atoms with Gasteiger partial charge in [-0.3, -0.25) is 9.59 Å². The first kappa shape index (κ1) is 28.5. The Kier molecular flexibility index (Phi) is 10.3. The zero-order valence-corrected chi connectivity index (χ0v) is 22.5. The van der Waals surface area contributed by atoms with Crippen LogP contribution in [0.25, 0.3) is 0 Å². The number of carbonyl (C=O) groups excluding carboxylic acids is 2. The van der Waals surface area contributed by atoms with Crippen LogP contribution < -0.4 is 0 Å². The van der Waals surface area contributed by atoms with Crippen molar-refractivity contribution in [2.75, 3.05) is 26.8 Å². The molecule has 0 spiro atoms. The van der Waals surface area contributed by atoms with Crippen LogP contribution in [0.5, 0.6) is 0 Å². The van der Waals surface area contributed by atoms with E-state index >= 15 is 0 Å². The third-order valence-corrected chi connectivity index (χ3v) is 7.32. The summed E-state index contributed by atoms with van der Waals surface area (Å²) in [4.78, 5) is 30.7. The molecule has 0 atom stereocenters. The van der Waals surface area contributed by atoms with Crippen molar-refractivity contribution >= 4 is 11.8 Å². The van der Waals surface area contributed by atoms with Crippen molar-refractivity contribution in [1.82, 2.24) is 14.4 Å². The largest absolute Gasteiger partial charge is 0.385 e. The summed E-state index contributed by atoms with van der Waals surface area (Å²) in [5.74, 6) is -1.26. The lowest BCUT2D eigenvalue weighted by atomic mass is 9.94. The zero-order valence-electron chi connectivity index (χ0n) is 22.5. The Morgan fingerprint density at radius 2 is 1.74 bits per heavy atom. The molecular formula is C31H37F2N3O3. The van der Waals surface area contributed by atoms with Gasteiger partial charge in [0.1, 0.15) is 18.2 Å². The van der Waals surface area contributed by atoms with Gasteiger partial charge >= 0.3 is 0 Å². The van der Waals surface area contributed by atoms with Crippen molar-refractivity contribution in [3.8, 4) is 0 Å². The van der Waals surface area contributed by atoms with E-state index in [2.05, 4.69) is 4.57 Å². The first-order valence-electron chi connectivity index (χ1n) is 13.7. The van der Waals surface area contributed by atoms with E-state index < -0.39 is 5.82 Å². The van der Waals surface area contributed by atoms with Gasteiger partial charge in [0.05, 0.1) is 6.54 Å². The first-order valence-corrected chi connectivity index (χ1v) is 13.7. The number of rotatable bonds is 12. The minimum Gasteiger partial charge on any atom is -0.385 e. The molecule has 1 heterocycles. The van der Waals surface area contributed by atoms with Crippen molar-refractivity contribution < 1.29 is 23.1 Å². The molecule has 1 fully saturated rings. The van der Waals surface area contributed by atoms with Gasteiger partial charge in [-0.25, -0.2) is 8.78 Å². The standard InChI is InChI=1S/C31H37F2N3O3/c1-39-19-7-18-35(31(38)25-8-5-9-27(33)20-25)23-30(37)36(28-10-3-2-4-11-28)22-29-12-6-17-34(29)21-24-13-15-26(32)16-14-24/h5-6,8-9,12-17,20,28H,2-4,7,10-11,18-19,21-23H2,1H3. The predicted molar refractivity (Wildman–Crippen MR) is 146 cm³/mol. The molecule has 208 valence electrons. The van der Waals surface area contributed by atoms with Gasteiger partial charge in [-0.1, -0.05) is 37.5 Å². The van der Waals surface area contributed by atoms with E-state index in [1.807, 2.05) is 23.2 Å². The van der Waals surface area contributed by atoms with Crippen molar-refractivity contribution in [2.45, 2.75) is 57.7 Å². The highest BCUT2D eigenvalue weighted by molar-refractivity contribution is 5.96. The number of carbonyl (C=O) groups is 2. The van der Waals surface area contributed by atoms with Gasteiger partial charge in [-0.15, -0.1) is 0 Å². The number of ether oxygens (including phenoxy) is 1. The normalized spacial score (nSPS) is 13.8. The van der Waals surface area contributed by atoms with E-state index in [4.69, 9.17) is 4.74 Å². The van der Waals surface area contributed by atoms with E-state index in [9.17, 15) is 18.4 Å². The lowest BCUT2D eigenvalue weighted by Crippen LogP contribution is -2.48. The molecule has 2 aromatic carbocycles. The molecule has 0 N–H and O–H groups in total. The molecule has 3 aromatic rings. The summed E-state index contributed by atoms with van der Waals surface area (Å²) in [6.45, 7) is 1.67. The molecule has 0 unspecified atom stereocenters. The molecule has 39 heavy (non-hydrogen) atoms. The second kappa shape index (κ2) is 14.0. The van der Waals surface area contributed by atoms with Crippen LogP contribution in [0, 0.1) is 11.6 Å². The third-order valence-electron chi connectivity index (χ3n) is 7.32. The van der Waals surface area contributed by atoms with Crippen molar-refractivity contribution in [3.05, 3.63) is 95.3 Å². The number of hydrogen-bond donors (Lipinski definition) is 0. The number of benzene rings is 2. The average molecular weight is 538 g/mol. The van der Waals surface area contributed by atoms with Crippen LogP contribution in [0.1, 0.15) is 60.1 Å². The molecule has 0 aliphatic heterocycles. The fourth-order valence-electron chi connectivity index (χ4n) is 5.23. The van der Waals surface area contributed by atoms with E-state index in [0.717, 1.165) is 43.4 Å². The molecule has 0 saturated heterocycles. The molecule has 0 radical (unpaired) electrons. The summed E-state index contributed by atoms with van der Waals surface area (Å²) in [6.07, 6.45) is 7.65. The van der Waals surface area contributed by atoms with Crippen molar-refractivity contribution in [2.24, 2.45) is 0 Å². The van der Waals surface area contributed by atoms with Gasteiger partial charge in [0.2, 0.25) is 5.91 Å². The molecule has 1 aliphatic carbocycles. The molecular weight excluding hydrogens is 500 g/mol. The zero-order chi connectivity index (χ0) is 27.6. The van der Waals surface area contributed by atoms with E-state index in [0.29, 0.717) is 32.7 Å². The maximum absolute atomic E-state index is 13.9. The number of methoxy groups -OCH3 is 1. The molecule has 1 aromatic heterocycles. The number of halogens is 2. The number of aromatic nitrogens is 1.